The average molecular weight is 248 g/mol. The van der Waals surface area contributed by atoms with Gasteiger partial charge in [0.25, 0.3) is 0 Å². The van der Waals surface area contributed by atoms with Crippen LogP contribution in [0.15, 0.2) is 24.3 Å². The Balaban J connectivity index is 2.08. The van der Waals surface area contributed by atoms with Gasteiger partial charge in [-0.1, -0.05) is 25.5 Å². The Morgan fingerprint density at radius 1 is 1.39 bits per heavy atom. The van der Waals surface area contributed by atoms with E-state index >= 15 is 0 Å². The van der Waals surface area contributed by atoms with E-state index in [2.05, 4.69) is 13.0 Å². The number of hydrogen-bond donors (Lipinski definition) is 1. The highest BCUT2D eigenvalue weighted by molar-refractivity contribution is 5.70. The second kappa shape index (κ2) is 5.89. The van der Waals surface area contributed by atoms with Crippen molar-refractivity contribution >= 4 is 5.97 Å². The fourth-order valence-electron chi connectivity index (χ4n) is 2.53. The summed E-state index contributed by atoms with van der Waals surface area (Å²) in [6.07, 6.45) is 4.40. The summed E-state index contributed by atoms with van der Waals surface area (Å²) in [5.74, 6) is -0.289. The monoisotopic (exact) mass is 248 g/mol. The molecule has 1 aliphatic rings. The standard InChI is InChI=1S/C15H20O3/c1-2-11-6-5-7-12(10-11)18-14-9-4-3-8-13(14)15(16)17/h5-7,10,13-14H,2-4,8-9H2,1H3,(H,16,17). The lowest BCUT2D eigenvalue weighted by atomic mass is 9.86. The molecule has 3 heteroatoms. The van der Waals surface area contributed by atoms with E-state index in [1.807, 2.05) is 18.2 Å². The number of carboxylic acids is 1. The van der Waals surface area contributed by atoms with Crippen molar-refractivity contribution in [2.75, 3.05) is 0 Å². The van der Waals surface area contributed by atoms with Crippen molar-refractivity contribution in [1.82, 2.24) is 0 Å². The highest BCUT2D eigenvalue weighted by Gasteiger charge is 2.32. The molecule has 0 aliphatic heterocycles. The Bertz CT molecular complexity index is 414. The van der Waals surface area contributed by atoms with Crippen molar-refractivity contribution in [3.8, 4) is 5.75 Å². The van der Waals surface area contributed by atoms with Crippen molar-refractivity contribution in [3.05, 3.63) is 29.8 Å². The summed E-state index contributed by atoms with van der Waals surface area (Å²) in [5, 5.41) is 9.21. The number of rotatable bonds is 4. The number of ether oxygens (including phenoxy) is 1. The van der Waals surface area contributed by atoms with E-state index in [4.69, 9.17) is 4.74 Å². The van der Waals surface area contributed by atoms with Gasteiger partial charge in [-0.2, -0.15) is 0 Å². The second-order valence-electron chi connectivity index (χ2n) is 4.89. The van der Waals surface area contributed by atoms with Crippen LogP contribution in [0.1, 0.15) is 38.2 Å². The van der Waals surface area contributed by atoms with Gasteiger partial charge in [0.15, 0.2) is 0 Å². The molecule has 0 saturated heterocycles. The Kier molecular flexibility index (Phi) is 4.24. The van der Waals surface area contributed by atoms with Crippen molar-refractivity contribution in [3.63, 3.8) is 0 Å². The molecule has 2 rings (SSSR count). The maximum absolute atomic E-state index is 11.2. The molecule has 1 aromatic rings. The molecular weight excluding hydrogens is 228 g/mol. The number of benzene rings is 1. The van der Waals surface area contributed by atoms with Gasteiger partial charge in [0.1, 0.15) is 11.9 Å². The topological polar surface area (TPSA) is 46.5 Å². The minimum Gasteiger partial charge on any atom is -0.490 e. The van der Waals surface area contributed by atoms with E-state index in [1.165, 1.54) is 5.56 Å². The number of hydrogen-bond acceptors (Lipinski definition) is 2. The number of carboxylic acid groups (broad SMARTS) is 1. The summed E-state index contributed by atoms with van der Waals surface area (Å²) in [5.41, 5.74) is 1.22. The molecule has 1 aromatic carbocycles. The lowest BCUT2D eigenvalue weighted by Crippen LogP contribution is -2.35. The molecule has 18 heavy (non-hydrogen) atoms. The molecule has 1 fully saturated rings. The molecule has 2 atom stereocenters. The number of carbonyl (C=O) groups is 1. The summed E-state index contributed by atoms with van der Waals surface area (Å²) in [6, 6.07) is 7.94. The zero-order valence-electron chi connectivity index (χ0n) is 10.8. The first-order valence-electron chi connectivity index (χ1n) is 6.69. The van der Waals surface area contributed by atoms with E-state index in [1.54, 1.807) is 0 Å². The van der Waals surface area contributed by atoms with E-state index in [0.717, 1.165) is 37.9 Å². The van der Waals surface area contributed by atoms with Gasteiger partial charge in [-0.25, -0.2) is 0 Å². The van der Waals surface area contributed by atoms with E-state index in [-0.39, 0.29) is 12.0 Å². The van der Waals surface area contributed by atoms with Crippen LogP contribution in [0.4, 0.5) is 0 Å². The van der Waals surface area contributed by atoms with Crippen molar-refractivity contribution in [2.45, 2.75) is 45.1 Å². The Morgan fingerprint density at radius 3 is 2.89 bits per heavy atom. The number of aliphatic carboxylic acids is 1. The largest absolute Gasteiger partial charge is 0.490 e. The normalized spacial score (nSPS) is 23.6. The molecule has 1 saturated carbocycles. The fraction of sp³-hybridized carbons (Fsp3) is 0.533. The smallest absolute Gasteiger partial charge is 0.310 e. The van der Waals surface area contributed by atoms with E-state index < -0.39 is 5.97 Å². The van der Waals surface area contributed by atoms with E-state index in [9.17, 15) is 9.90 Å². The predicted molar refractivity (Wildman–Crippen MR) is 69.8 cm³/mol. The molecule has 98 valence electrons. The Morgan fingerprint density at radius 2 is 2.17 bits per heavy atom. The third-order valence-corrected chi connectivity index (χ3v) is 3.61. The molecule has 0 heterocycles. The van der Waals surface area contributed by atoms with Crippen LogP contribution >= 0.6 is 0 Å². The van der Waals surface area contributed by atoms with Crippen molar-refractivity contribution < 1.29 is 14.6 Å². The summed E-state index contributed by atoms with van der Waals surface area (Å²) in [7, 11) is 0. The van der Waals surface area contributed by atoms with Gasteiger partial charge in [-0.15, -0.1) is 0 Å². The van der Waals surface area contributed by atoms with Gasteiger partial charge in [-0.05, 0) is 43.4 Å². The maximum Gasteiger partial charge on any atom is 0.310 e. The molecule has 0 bridgehead atoms. The first-order chi connectivity index (χ1) is 8.70. The van der Waals surface area contributed by atoms with Crippen LogP contribution in [0, 0.1) is 5.92 Å². The van der Waals surface area contributed by atoms with Crippen LogP contribution in [-0.4, -0.2) is 17.2 Å². The minimum atomic E-state index is -0.730. The van der Waals surface area contributed by atoms with Gasteiger partial charge in [0.2, 0.25) is 0 Å². The van der Waals surface area contributed by atoms with Crippen LogP contribution in [0.5, 0.6) is 5.75 Å². The molecular formula is C15H20O3. The Hall–Kier alpha value is -1.51. The van der Waals surface area contributed by atoms with Crippen LogP contribution in [0.25, 0.3) is 0 Å². The molecule has 2 unspecified atom stereocenters. The number of aryl methyl sites for hydroxylation is 1. The molecule has 3 nitrogen and oxygen atoms in total. The van der Waals surface area contributed by atoms with Crippen LogP contribution in [0.3, 0.4) is 0 Å². The molecule has 1 N–H and O–H groups in total. The average Bonchev–Trinajstić information content (AvgIpc) is 2.39. The van der Waals surface area contributed by atoms with Crippen LogP contribution in [-0.2, 0) is 11.2 Å². The summed E-state index contributed by atoms with van der Waals surface area (Å²) in [6.45, 7) is 2.10. The third kappa shape index (κ3) is 3.03. The van der Waals surface area contributed by atoms with Gasteiger partial charge >= 0.3 is 5.97 Å². The summed E-state index contributed by atoms with van der Waals surface area (Å²) in [4.78, 5) is 11.2. The lowest BCUT2D eigenvalue weighted by molar-refractivity contribution is -0.146. The maximum atomic E-state index is 11.2. The van der Waals surface area contributed by atoms with E-state index in [0.29, 0.717) is 0 Å². The highest BCUT2D eigenvalue weighted by atomic mass is 16.5. The second-order valence-corrected chi connectivity index (χ2v) is 4.89. The summed E-state index contributed by atoms with van der Waals surface area (Å²) >= 11 is 0. The van der Waals surface area contributed by atoms with Gasteiger partial charge < -0.3 is 9.84 Å². The zero-order valence-corrected chi connectivity index (χ0v) is 10.8. The predicted octanol–water partition coefficient (Wildman–Crippen LogP) is 3.27. The third-order valence-electron chi connectivity index (χ3n) is 3.61. The lowest BCUT2D eigenvalue weighted by Gasteiger charge is -2.29. The fourth-order valence-corrected chi connectivity index (χ4v) is 2.53. The summed E-state index contributed by atoms with van der Waals surface area (Å²) < 4.78 is 5.89. The first-order valence-corrected chi connectivity index (χ1v) is 6.69. The SMILES string of the molecule is CCc1cccc(OC2CCCCC2C(=O)O)c1. The van der Waals surface area contributed by atoms with Crippen LogP contribution < -0.4 is 4.74 Å². The zero-order chi connectivity index (χ0) is 13.0. The molecule has 0 radical (unpaired) electrons. The first kappa shape index (κ1) is 12.9. The van der Waals surface area contributed by atoms with Crippen molar-refractivity contribution in [2.24, 2.45) is 5.92 Å². The minimum absolute atomic E-state index is 0.177. The van der Waals surface area contributed by atoms with Crippen LogP contribution in [0.2, 0.25) is 0 Å². The Labute approximate surface area is 108 Å². The van der Waals surface area contributed by atoms with Gasteiger partial charge in [0, 0.05) is 0 Å². The quantitative estimate of drug-likeness (QED) is 0.889. The molecule has 0 amide bonds. The van der Waals surface area contributed by atoms with Gasteiger partial charge in [0.05, 0.1) is 5.92 Å². The molecule has 0 aromatic heterocycles. The van der Waals surface area contributed by atoms with Crippen molar-refractivity contribution in [1.29, 1.82) is 0 Å². The molecule has 1 aliphatic carbocycles. The molecule has 0 spiro atoms. The van der Waals surface area contributed by atoms with Gasteiger partial charge in [-0.3, -0.25) is 4.79 Å². The highest BCUT2D eigenvalue weighted by Crippen LogP contribution is 2.29.